The van der Waals surface area contributed by atoms with Gasteiger partial charge in [0.05, 0.1) is 11.1 Å². The van der Waals surface area contributed by atoms with E-state index in [4.69, 9.17) is 0 Å². The lowest BCUT2D eigenvalue weighted by atomic mass is 9.99. The van der Waals surface area contributed by atoms with E-state index < -0.39 is 17.6 Å². The molecule has 0 fully saturated rings. The van der Waals surface area contributed by atoms with Gasteiger partial charge >= 0.3 is 6.18 Å². The Morgan fingerprint density at radius 1 is 0.919 bits per heavy atom. The maximum absolute atomic E-state index is 14.3. The number of hydrogen-bond donors (Lipinski definition) is 2. The van der Waals surface area contributed by atoms with Crippen molar-refractivity contribution in [3.05, 3.63) is 108 Å². The average molecular weight is 509 g/mol. The number of aromatic amines is 1. The summed E-state index contributed by atoms with van der Waals surface area (Å²) in [5.41, 5.74) is 6.26. The highest BCUT2D eigenvalue weighted by molar-refractivity contribution is 5.86. The molecule has 1 aromatic heterocycles. The number of aryl methyl sites for hydroxylation is 1. The van der Waals surface area contributed by atoms with Gasteiger partial charge in [-0.2, -0.15) is 13.2 Å². The van der Waals surface area contributed by atoms with Crippen LogP contribution >= 0.6 is 0 Å². The van der Waals surface area contributed by atoms with Crippen molar-refractivity contribution in [3.8, 4) is 11.1 Å². The summed E-state index contributed by atoms with van der Waals surface area (Å²) in [6.45, 7) is 16.2. The molecule has 0 aliphatic rings. The van der Waals surface area contributed by atoms with Crippen LogP contribution in [0, 0.1) is 12.7 Å². The molecule has 0 saturated heterocycles. The number of H-pyrrole nitrogens is 1. The van der Waals surface area contributed by atoms with Crippen LogP contribution in [0.4, 0.5) is 17.6 Å². The zero-order chi connectivity index (χ0) is 27.3. The minimum atomic E-state index is -4.61. The Morgan fingerprint density at radius 3 is 2.22 bits per heavy atom. The second-order valence-corrected chi connectivity index (χ2v) is 8.70. The maximum atomic E-state index is 14.3. The van der Waals surface area contributed by atoms with E-state index in [1.54, 1.807) is 6.92 Å². The van der Waals surface area contributed by atoms with Crippen molar-refractivity contribution in [2.75, 3.05) is 6.54 Å². The van der Waals surface area contributed by atoms with Gasteiger partial charge in [-0.1, -0.05) is 75.0 Å². The van der Waals surface area contributed by atoms with Gasteiger partial charge < -0.3 is 10.3 Å². The van der Waals surface area contributed by atoms with Crippen LogP contribution in [0.25, 0.3) is 33.3 Å². The summed E-state index contributed by atoms with van der Waals surface area (Å²) < 4.78 is 53.8. The Labute approximate surface area is 215 Å². The van der Waals surface area contributed by atoms with E-state index in [9.17, 15) is 17.6 Å². The zero-order valence-corrected chi connectivity index (χ0v) is 21.6. The van der Waals surface area contributed by atoms with Crippen LogP contribution in [-0.4, -0.2) is 11.5 Å². The standard InChI is InChI=1S/C29H26F4N2.C2H6/c1-17(2)22-6-5-7-23(14-22)21-10-8-20(9-11-21)18(3)34-13-12-25-19(4)35-28-26(25)15-24(16-27(28)30)29(31,32)33;1-2/h5-11,14-16,34-35H,1,3,12-13H2,2,4H3;1-2H3. The fourth-order valence-corrected chi connectivity index (χ4v) is 4.19. The number of alkyl halides is 3. The van der Waals surface area contributed by atoms with E-state index in [0.717, 1.165) is 33.9 Å². The van der Waals surface area contributed by atoms with E-state index in [2.05, 4.69) is 29.5 Å². The van der Waals surface area contributed by atoms with Gasteiger partial charge in [-0.25, -0.2) is 4.39 Å². The van der Waals surface area contributed by atoms with Crippen LogP contribution in [0.15, 0.2) is 73.8 Å². The SMILES string of the molecule is C=C(C)c1cccc(-c2ccc(C(=C)NCCc3c(C)[nH]c4c(F)cc(C(F)(F)F)cc34)cc2)c1.CC. The van der Waals surface area contributed by atoms with Crippen molar-refractivity contribution in [1.82, 2.24) is 10.3 Å². The van der Waals surface area contributed by atoms with Crippen molar-refractivity contribution < 1.29 is 17.6 Å². The minimum absolute atomic E-state index is 0.0932. The number of halogens is 4. The zero-order valence-electron chi connectivity index (χ0n) is 21.6. The molecule has 0 unspecified atom stereocenters. The third-order valence-electron chi connectivity index (χ3n) is 6.14. The lowest BCUT2D eigenvalue weighted by Gasteiger charge is -2.12. The number of aromatic nitrogens is 1. The highest BCUT2D eigenvalue weighted by Crippen LogP contribution is 2.35. The molecule has 37 heavy (non-hydrogen) atoms. The summed E-state index contributed by atoms with van der Waals surface area (Å²) in [6, 6.07) is 17.7. The first-order chi connectivity index (χ1) is 17.5. The normalized spacial score (nSPS) is 11.1. The smallest absolute Gasteiger partial charge is 0.385 e. The molecule has 0 saturated carbocycles. The summed E-state index contributed by atoms with van der Waals surface area (Å²) in [5, 5.41) is 3.49. The van der Waals surface area contributed by atoms with Gasteiger partial charge in [0.15, 0.2) is 0 Å². The fraction of sp³-hybridized carbons (Fsp3) is 0.226. The van der Waals surface area contributed by atoms with Crippen LogP contribution in [0.1, 0.15) is 48.7 Å². The maximum Gasteiger partial charge on any atom is 0.416 e. The van der Waals surface area contributed by atoms with Gasteiger partial charge in [0.25, 0.3) is 0 Å². The van der Waals surface area contributed by atoms with Crippen molar-refractivity contribution in [2.24, 2.45) is 0 Å². The molecule has 2 N–H and O–H groups in total. The molecule has 6 heteroatoms. The van der Waals surface area contributed by atoms with Gasteiger partial charge in [0.2, 0.25) is 0 Å². The largest absolute Gasteiger partial charge is 0.416 e. The van der Waals surface area contributed by atoms with Crippen LogP contribution in [-0.2, 0) is 12.6 Å². The molecule has 0 atom stereocenters. The number of fused-ring (bicyclic) bond motifs is 1. The van der Waals surface area contributed by atoms with Crippen LogP contribution < -0.4 is 5.32 Å². The quantitative estimate of drug-likeness (QED) is 0.239. The second kappa shape index (κ2) is 11.5. The summed E-state index contributed by atoms with van der Waals surface area (Å²) in [6.07, 6.45) is -4.20. The van der Waals surface area contributed by atoms with E-state index in [1.165, 1.54) is 0 Å². The first-order valence-electron chi connectivity index (χ1n) is 12.2. The van der Waals surface area contributed by atoms with Gasteiger partial charge in [-0.05, 0) is 66.3 Å². The van der Waals surface area contributed by atoms with E-state index in [1.807, 2.05) is 63.2 Å². The number of rotatable bonds is 7. The third-order valence-corrected chi connectivity index (χ3v) is 6.14. The molecule has 0 spiro atoms. The Hall–Kier alpha value is -3.80. The lowest BCUT2D eigenvalue weighted by Crippen LogP contribution is -2.15. The molecular weight excluding hydrogens is 476 g/mol. The first-order valence-corrected chi connectivity index (χ1v) is 12.2. The second-order valence-electron chi connectivity index (χ2n) is 8.70. The topological polar surface area (TPSA) is 27.8 Å². The Balaban J connectivity index is 0.00000186. The minimum Gasteiger partial charge on any atom is -0.385 e. The molecular formula is C31H32F4N2. The lowest BCUT2D eigenvalue weighted by molar-refractivity contribution is -0.137. The number of nitrogens with one attached hydrogen (secondary N) is 2. The van der Waals surface area contributed by atoms with E-state index in [-0.39, 0.29) is 10.9 Å². The van der Waals surface area contributed by atoms with E-state index >= 15 is 0 Å². The number of allylic oxidation sites excluding steroid dienone is 1. The first kappa shape index (κ1) is 27.8. The van der Waals surface area contributed by atoms with Crippen molar-refractivity contribution >= 4 is 22.2 Å². The van der Waals surface area contributed by atoms with Gasteiger partial charge in [-0.3, -0.25) is 0 Å². The molecule has 3 aromatic carbocycles. The third kappa shape index (κ3) is 6.31. The Bertz CT molecular complexity index is 1410. The summed E-state index contributed by atoms with van der Waals surface area (Å²) >= 11 is 0. The van der Waals surface area contributed by atoms with Crippen LogP contribution in [0.3, 0.4) is 0 Å². The number of hydrogen-bond acceptors (Lipinski definition) is 1. The Kier molecular flexibility index (Phi) is 8.64. The molecule has 0 aliphatic carbocycles. The van der Waals surface area contributed by atoms with Crippen molar-refractivity contribution in [3.63, 3.8) is 0 Å². The van der Waals surface area contributed by atoms with E-state index in [0.29, 0.717) is 36.0 Å². The van der Waals surface area contributed by atoms with Crippen molar-refractivity contribution in [2.45, 2.75) is 40.3 Å². The monoisotopic (exact) mass is 508 g/mol. The summed E-state index contributed by atoms with van der Waals surface area (Å²) in [7, 11) is 0. The molecule has 0 bridgehead atoms. The average Bonchev–Trinajstić information content (AvgIpc) is 3.20. The van der Waals surface area contributed by atoms with Crippen LogP contribution in [0.5, 0.6) is 0 Å². The molecule has 1 heterocycles. The van der Waals surface area contributed by atoms with Gasteiger partial charge in [0, 0.05) is 23.3 Å². The van der Waals surface area contributed by atoms with Crippen molar-refractivity contribution in [1.29, 1.82) is 0 Å². The van der Waals surface area contributed by atoms with Gasteiger partial charge in [-0.15, -0.1) is 0 Å². The van der Waals surface area contributed by atoms with Gasteiger partial charge in [0.1, 0.15) is 5.82 Å². The molecule has 194 valence electrons. The summed E-state index contributed by atoms with van der Waals surface area (Å²) in [4.78, 5) is 2.88. The molecule has 0 aliphatic heterocycles. The molecule has 2 nitrogen and oxygen atoms in total. The predicted octanol–water partition coefficient (Wildman–Crippen LogP) is 9.16. The van der Waals surface area contributed by atoms with Crippen LogP contribution in [0.2, 0.25) is 0 Å². The number of benzene rings is 3. The fourth-order valence-electron chi connectivity index (χ4n) is 4.19. The molecule has 4 rings (SSSR count). The Morgan fingerprint density at radius 2 is 1.59 bits per heavy atom. The molecule has 0 radical (unpaired) electrons. The predicted molar refractivity (Wildman–Crippen MR) is 147 cm³/mol. The highest BCUT2D eigenvalue weighted by Gasteiger charge is 2.32. The molecule has 4 aromatic rings. The molecule has 0 amide bonds. The summed E-state index contributed by atoms with van der Waals surface area (Å²) in [5.74, 6) is -0.907. The highest BCUT2D eigenvalue weighted by atomic mass is 19.4.